The highest BCUT2D eigenvalue weighted by atomic mass is 32.1. The summed E-state index contributed by atoms with van der Waals surface area (Å²) in [6.07, 6.45) is 4.74. The van der Waals surface area contributed by atoms with Crippen LogP contribution in [0.3, 0.4) is 0 Å². The van der Waals surface area contributed by atoms with Crippen molar-refractivity contribution < 1.29 is 14.0 Å². The number of hydrogen-bond acceptors (Lipinski definition) is 6. The number of nitrogens with one attached hydrogen (secondary N) is 2. The lowest BCUT2D eigenvalue weighted by Crippen LogP contribution is -2.08. The van der Waals surface area contributed by atoms with Crippen molar-refractivity contribution >= 4 is 45.9 Å². The average molecular weight is 481 g/mol. The molecule has 1 aliphatic carbocycles. The molecule has 3 aromatic heterocycles. The van der Waals surface area contributed by atoms with Crippen LogP contribution in [-0.4, -0.2) is 30.9 Å². The summed E-state index contributed by atoms with van der Waals surface area (Å²) in [6.45, 7) is 1.43. The number of thiazole rings is 1. The Morgan fingerprint density at radius 2 is 2.06 bits per heavy atom. The predicted octanol–water partition coefficient (Wildman–Crippen LogP) is 4.72. The molecule has 1 aliphatic rings. The molecule has 0 aliphatic heterocycles. The van der Waals surface area contributed by atoms with Crippen LogP contribution in [0.2, 0.25) is 0 Å². The van der Waals surface area contributed by atoms with E-state index in [1.807, 2.05) is 12.1 Å². The third kappa shape index (κ3) is 4.00. The quantitative estimate of drug-likeness (QED) is 0.367. The number of carbonyl (C=O) groups is 2. The third-order valence-corrected chi connectivity index (χ3v) is 6.28. The first-order chi connectivity index (χ1) is 15.9. The van der Waals surface area contributed by atoms with Crippen molar-refractivity contribution in [3.63, 3.8) is 0 Å². The van der Waals surface area contributed by atoms with Crippen molar-refractivity contribution in [2.45, 2.75) is 19.8 Å². The van der Waals surface area contributed by atoms with Crippen molar-refractivity contribution in [2.24, 2.45) is 0 Å². The van der Waals surface area contributed by atoms with Gasteiger partial charge in [0.2, 0.25) is 5.91 Å². The molecule has 11 heteroatoms. The Morgan fingerprint density at radius 1 is 1.21 bits per heavy atom. The first kappa shape index (κ1) is 21.3. The molecule has 0 spiro atoms. The molecule has 0 bridgehead atoms. The summed E-state index contributed by atoms with van der Waals surface area (Å²) >= 11 is 5.01. The van der Waals surface area contributed by atoms with E-state index < -0.39 is 11.1 Å². The molecule has 0 unspecified atom stereocenters. The number of anilines is 2. The number of fused-ring (bicyclic) bond motifs is 3. The van der Waals surface area contributed by atoms with Crippen molar-refractivity contribution in [2.75, 3.05) is 10.6 Å². The van der Waals surface area contributed by atoms with Crippen LogP contribution in [0.4, 0.5) is 20.0 Å². The Bertz CT molecular complexity index is 1400. The normalized spacial score (nSPS) is 12.1. The number of benzene rings is 1. The molecular weight excluding hydrogens is 463 g/mol. The Hall–Kier alpha value is -3.57. The van der Waals surface area contributed by atoms with E-state index in [0.29, 0.717) is 23.7 Å². The van der Waals surface area contributed by atoms with Gasteiger partial charge < -0.3 is 10.6 Å². The van der Waals surface area contributed by atoms with Crippen LogP contribution in [0.25, 0.3) is 27.5 Å². The van der Waals surface area contributed by atoms with Gasteiger partial charge in [-0.25, -0.2) is 14.1 Å². The molecule has 2 N–H and O–H groups in total. The van der Waals surface area contributed by atoms with Gasteiger partial charge in [0.25, 0.3) is 5.24 Å². The minimum absolute atomic E-state index is 0.209. The maximum Gasteiger partial charge on any atom is 0.280 e. The van der Waals surface area contributed by atoms with E-state index in [1.54, 1.807) is 29.2 Å². The van der Waals surface area contributed by atoms with Crippen LogP contribution >= 0.6 is 24.0 Å². The highest BCUT2D eigenvalue weighted by molar-refractivity contribution is 7.96. The van der Waals surface area contributed by atoms with Crippen LogP contribution in [-0.2, 0) is 17.6 Å². The largest absolute Gasteiger partial charge is 0.317 e. The second-order valence-corrected chi connectivity index (χ2v) is 8.81. The SMILES string of the molecule is CC(=O)Nc1nc2c(s1)-c1c(c(-c3cccnc3)nn1-c1ccc(NC(=O)S)cc1F)CC2. The van der Waals surface area contributed by atoms with E-state index in [1.165, 1.54) is 24.3 Å². The number of rotatable bonds is 4. The van der Waals surface area contributed by atoms with E-state index >= 15 is 4.39 Å². The van der Waals surface area contributed by atoms with Crippen LogP contribution in [0.1, 0.15) is 18.2 Å². The summed E-state index contributed by atoms with van der Waals surface area (Å²) < 4.78 is 16.8. The highest BCUT2D eigenvalue weighted by Gasteiger charge is 2.30. The van der Waals surface area contributed by atoms with E-state index in [0.717, 1.165) is 27.4 Å². The van der Waals surface area contributed by atoms with Gasteiger partial charge in [0.1, 0.15) is 5.69 Å². The zero-order valence-electron chi connectivity index (χ0n) is 17.3. The minimum Gasteiger partial charge on any atom is -0.317 e. The highest BCUT2D eigenvalue weighted by Crippen LogP contribution is 2.44. The van der Waals surface area contributed by atoms with Crippen LogP contribution < -0.4 is 10.6 Å². The predicted molar refractivity (Wildman–Crippen MR) is 128 cm³/mol. The van der Waals surface area contributed by atoms with Gasteiger partial charge in [0.05, 0.1) is 22.0 Å². The Labute approximate surface area is 197 Å². The van der Waals surface area contributed by atoms with Gasteiger partial charge >= 0.3 is 0 Å². The summed E-state index contributed by atoms with van der Waals surface area (Å²) in [5.74, 6) is -0.768. The van der Waals surface area contributed by atoms with Crippen LogP contribution in [0.15, 0.2) is 42.7 Å². The molecule has 4 aromatic rings. The maximum atomic E-state index is 15.2. The lowest BCUT2D eigenvalue weighted by atomic mass is 9.95. The number of aromatic nitrogens is 4. The number of nitrogens with zero attached hydrogens (tertiary/aromatic N) is 4. The molecule has 0 radical (unpaired) electrons. The molecule has 3 heterocycles. The average Bonchev–Trinajstić information content (AvgIpc) is 3.34. The van der Waals surface area contributed by atoms with Gasteiger partial charge in [-0.3, -0.25) is 14.6 Å². The first-order valence-corrected chi connectivity index (χ1v) is 11.3. The van der Waals surface area contributed by atoms with Gasteiger partial charge in [-0.15, -0.1) is 0 Å². The second kappa shape index (κ2) is 8.41. The summed E-state index contributed by atoms with van der Waals surface area (Å²) in [6, 6.07) is 8.10. The lowest BCUT2D eigenvalue weighted by molar-refractivity contribution is -0.114. The molecular formula is C22H17FN6O2S2. The zero-order chi connectivity index (χ0) is 23.1. The number of aryl methyl sites for hydroxylation is 1. The van der Waals surface area contributed by atoms with E-state index in [9.17, 15) is 9.59 Å². The molecule has 0 fully saturated rings. The Balaban J connectivity index is 1.71. The molecule has 2 amide bonds. The monoisotopic (exact) mass is 480 g/mol. The van der Waals surface area contributed by atoms with Gasteiger partial charge in [0, 0.05) is 36.1 Å². The number of amides is 2. The van der Waals surface area contributed by atoms with Crippen LogP contribution in [0.5, 0.6) is 0 Å². The molecule has 0 atom stereocenters. The summed E-state index contributed by atoms with van der Waals surface area (Å²) in [4.78, 5) is 32.4. The van der Waals surface area contributed by atoms with Gasteiger partial charge in [-0.2, -0.15) is 5.10 Å². The number of halogens is 1. The fourth-order valence-electron chi connectivity index (χ4n) is 3.86. The lowest BCUT2D eigenvalue weighted by Gasteiger charge is -2.15. The number of hydrogen-bond donors (Lipinski definition) is 3. The van der Waals surface area contributed by atoms with E-state index in [2.05, 4.69) is 33.2 Å². The summed E-state index contributed by atoms with van der Waals surface area (Å²) in [7, 11) is 0. The third-order valence-electron chi connectivity index (χ3n) is 5.15. The van der Waals surface area contributed by atoms with E-state index in [4.69, 9.17) is 5.10 Å². The molecule has 8 nitrogen and oxygen atoms in total. The molecule has 0 saturated carbocycles. The standard InChI is InChI=1S/C22H17FN6O2S2/c1-11(30)25-21-27-16-6-5-14-18(12-3-2-8-24-10-12)28-29(19(14)20(16)33-21)17-7-4-13(9-15(17)23)26-22(31)32/h2-4,7-10H,5-6H2,1H3,(H,25,27,30)(H2,26,31,32). The fourth-order valence-corrected chi connectivity index (χ4v) is 5.11. The van der Waals surface area contributed by atoms with Crippen LogP contribution in [0, 0.1) is 5.82 Å². The minimum atomic E-state index is -0.586. The summed E-state index contributed by atoms with van der Waals surface area (Å²) in [5.41, 5.74) is 4.56. The molecule has 33 heavy (non-hydrogen) atoms. The first-order valence-electron chi connectivity index (χ1n) is 10.0. The smallest absolute Gasteiger partial charge is 0.280 e. The van der Waals surface area contributed by atoms with Gasteiger partial charge in [0.15, 0.2) is 10.9 Å². The van der Waals surface area contributed by atoms with Crippen molar-refractivity contribution in [3.05, 3.63) is 59.8 Å². The molecule has 5 rings (SSSR count). The zero-order valence-corrected chi connectivity index (χ0v) is 19.0. The number of pyridine rings is 1. The Kier molecular flexibility index (Phi) is 5.43. The maximum absolute atomic E-state index is 15.2. The Morgan fingerprint density at radius 3 is 2.76 bits per heavy atom. The summed E-state index contributed by atoms with van der Waals surface area (Å²) in [5, 5.41) is 9.87. The fraction of sp³-hybridized carbons (Fsp3) is 0.136. The number of thiol groups is 1. The topological polar surface area (TPSA) is 102 Å². The molecule has 166 valence electrons. The van der Waals surface area contributed by atoms with E-state index in [-0.39, 0.29) is 17.3 Å². The molecule has 1 aromatic carbocycles. The van der Waals surface area contributed by atoms with Gasteiger partial charge in [-0.05, 0) is 43.2 Å². The van der Waals surface area contributed by atoms with Crippen molar-refractivity contribution in [3.8, 4) is 27.5 Å². The number of carbonyl (C=O) groups excluding carboxylic acids is 2. The van der Waals surface area contributed by atoms with Crippen molar-refractivity contribution in [1.29, 1.82) is 0 Å². The van der Waals surface area contributed by atoms with Gasteiger partial charge in [-0.1, -0.05) is 24.0 Å². The molecule has 0 saturated heterocycles. The second-order valence-electron chi connectivity index (χ2n) is 7.40. The van der Waals surface area contributed by atoms with Crippen molar-refractivity contribution in [1.82, 2.24) is 19.7 Å².